The Morgan fingerprint density at radius 2 is 1.70 bits per heavy atom. The van der Waals surface area contributed by atoms with Crippen LogP contribution >= 0.6 is 23.2 Å². The molecule has 0 bridgehead atoms. The largest absolute Gasteiger partial charge is 0.355 e. The van der Waals surface area contributed by atoms with Gasteiger partial charge in [0.25, 0.3) is 0 Å². The van der Waals surface area contributed by atoms with E-state index in [1.54, 1.807) is 18.2 Å². The zero-order valence-electron chi connectivity index (χ0n) is 15.7. The third-order valence-corrected chi connectivity index (χ3v) is 6.58. The normalized spacial score (nSPS) is 19.8. The summed E-state index contributed by atoms with van der Waals surface area (Å²) in [5.74, 6) is 0.867. The van der Waals surface area contributed by atoms with E-state index in [9.17, 15) is 9.59 Å². The molecule has 2 fully saturated rings. The fourth-order valence-electron chi connectivity index (χ4n) is 4.15. The molecule has 0 unspecified atom stereocenters. The van der Waals surface area contributed by atoms with E-state index in [-0.39, 0.29) is 17.6 Å². The summed E-state index contributed by atoms with van der Waals surface area (Å²) in [7, 11) is 0. The summed E-state index contributed by atoms with van der Waals surface area (Å²) in [6, 6.07) is 5.06. The maximum absolute atomic E-state index is 12.7. The van der Waals surface area contributed by atoms with Crippen molar-refractivity contribution in [1.29, 1.82) is 0 Å². The highest BCUT2D eigenvalue weighted by Gasteiger charge is 2.27. The molecule has 1 saturated carbocycles. The van der Waals surface area contributed by atoms with Crippen LogP contribution in [-0.2, 0) is 4.79 Å². The number of benzene rings is 1. The van der Waals surface area contributed by atoms with Crippen molar-refractivity contribution in [2.45, 2.75) is 44.9 Å². The Balaban J connectivity index is 1.40. The second kappa shape index (κ2) is 9.90. The number of rotatable bonds is 6. The van der Waals surface area contributed by atoms with Crippen LogP contribution in [0.3, 0.4) is 0 Å². The van der Waals surface area contributed by atoms with E-state index in [0.717, 1.165) is 32.5 Å². The Kier molecular flexibility index (Phi) is 7.57. The number of hydrogen-bond acceptors (Lipinski definition) is 3. The fourth-order valence-corrected chi connectivity index (χ4v) is 4.44. The van der Waals surface area contributed by atoms with Crippen LogP contribution in [0.15, 0.2) is 18.2 Å². The Morgan fingerprint density at radius 1 is 1.00 bits per heavy atom. The molecule has 1 aromatic rings. The van der Waals surface area contributed by atoms with Crippen molar-refractivity contribution in [1.82, 2.24) is 10.2 Å². The van der Waals surface area contributed by atoms with Crippen molar-refractivity contribution >= 4 is 34.9 Å². The van der Waals surface area contributed by atoms with E-state index in [0.29, 0.717) is 28.1 Å². The second-order valence-electron chi connectivity index (χ2n) is 7.85. The van der Waals surface area contributed by atoms with Gasteiger partial charge < -0.3 is 5.32 Å². The Labute approximate surface area is 171 Å². The number of carbonyl (C=O) groups excluding carboxylic acids is 2. The van der Waals surface area contributed by atoms with E-state index >= 15 is 0 Å². The second-order valence-corrected chi connectivity index (χ2v) is 8.67. The molecule has 1 heterocycles. The van der Waals surface area contributed by atoms with Gasteiger partial charge in [0.1, 0.15) is 0 Å². The SMILES string of the molecule is O=C(CN1CCC(C(=O)c2ccc(Cl)c(Cl)c2)CC1)NCC1CCCCC1. The third-order valence-electron chi connectivity index (χ3n) is 5.84. The van der Waals surface area contributed by atoms with Gasteiger partial charge in [0.2, 0.25) is 5.91 Å². The van der Waals surface area contributed by atoms with Gasteiger partial charge in [-0.2, -0.15) is 0 Å². The van der Waals surface area contributed by atoms with Gasteiger partial charge in [-0.15, -0.1) is 0 Å². The Morgan fingerprint density at radius 3 is 2.37 bits per heavy atom. The minimum Gasteiger partial charge on any atom is -0.355 e. The first-order valence-electron chi connectivity index (χ1n) is 10.0. The number of hydrogen-bond donors (Lipinski definition) is 1. The van der Waals surface area contributed by atoms with Gasteiger partial charge in [-0.25, -0.2) is 0 Å². The van der Waals surface area contributed by atoms with Crippen molar-refractivity contribution < 1.29 is 9.59 Å². The summed E-state index contributed by atoms with van der Waals surface area (Å²) in [5, 5.41) is 3.97. The maximum Gasteiger partial charge on any atom is 0.234 e. The highest BCUT2D eigenvalue weighted by molar-refractivity contribution is 6.42. The van der Waals surface area contributed by atoms with Crippen LogP contribution in [0.4, 0.5) is 0 Å². The number of nitrogens with one attached hydrogen (secondary N) is 1. The van der Waals surface area contributed by atoms with Crippen molar-refractivity contribution in [3.05, 3.63) is 33.8 Å². The molecular weight excluding hydrogens is 383 g/mol. The van der Waals surface area contributed by atoms with Crippen molar-refractivity contribution in [3.8, 4) is 0 Å². The van der Waals surface area contributed by atoms with Gasteiger partial charge in [0.05, 0.1) is 16.6 Å². The molecule has 1 aromatic carbocycles. The maximum atomic E-state index is 12.7. The fraction of sp³-hybridized carbons (Fsp3) is 0.619. The van der Waals surface area contributed by atoms with Gasteiger partial charge in [0.15, 0.2) is 5.78 Å². The van der Waals surface area contributed by atoms with Gasteiger partial charge in [-0.3, -0.25) is 14.5 Å². The van der Waals surface area contributed by atoms with Gasteiger partial charge in [-0.1, -0.05) is 42.5 Å². The smallest absolute Gasteiger partial charge is 0.234 e. The minimum absolute atomic E-state index is 0.0104. The van der Waals surface area contributed by atoms with Crippen molar-refractivity contribution in [2.75, 3.05) is 26.2 Å². The summed E-state index contributed by atoms with van der Waals surface area (Å²) in [5.41, 5.74) is 0.619. The number of likely N-dealkylation sites (tertiary alicyclic amines) is 1. The van der Waals surface area contributed by atoms with Crippen LogP contribution in [0.25, 0.3) is 0 Å². The number of carbonyl (C=O) groups is 2. The Hall–Kier alpha value is -1.10. The van der Waals surface area contributed by atoms with E-state index in [2.05, 4.69) is 10.2 Å². The monoisotopic (exact) mass is 410 g/mol. The average molecular weight is 411 g/mol. The first-order valence-corrected chi connectivity index (χ1v) is 10.8. The van der Waals surface area contributed by atoms with Gasteiger partial charge in [0, 0.05) is 18.0 Å². The first-order chi connectivity index (χ1) is 13.0. The van der Waals surface area contributed by atoms with E-state index in [4.69, 9.17) is 23.2 Å². The highest BCUT2D eigenvalue weighted by atomic mass is 35.5. The molecule has 0 spiro atoms. The van der Waals surface area contributed by atoms with Crippen molar-refractivity contribution in [2.24, 2.45) is 11.8 Å². The number of amides is 1. The van der Waals surface area contributed by atoms with Crippen molar-refractivity contribution in [3.63, 3.8) is 0 Å². The lowest BCUT2D eigenvalue weighted by Crippen LogP contribution is -2.43. The van der Waals surface area contributed by atoms with Crippen LogP contribution in [0, 0.1) is 11.8 Å². The van der Waals surface area contributed by atoms with Gasteiger partial charge >= 0.3 is 0 Å². The summed E-state index contributed by atoms with van der Waals surface area (Å²) in [4.78, 5) is 27.0. The number of nitrogens with zero attached hydrogens (tertiary/aromatic N) is 1. The van der Waals surface area contributed by atoms with Crippen LogP contribution in [0.1, 0.15) is 55.3 Å². The summed E-state index contributed by atoms with van der Waals surface area (Å²) >= 11 is 12.0. The first kappa shape index (κ1) is 20.6. The quantitative estimate of drug-likeness (QED) is 0.697. The lowest BCUT2D eigenvalue weighted by molar-refractivity contribution is -0.122. The molecule has 3 rings (SSSR count). The molecule has 27 heavy (non-hydrogen) atoms. The molecular formula is C21H28Cl2N2O2. The van der Waals surface area contributed by atoms with Crippen LogP contribution in [-0.4, -0.2) is 42.8 Å². The lowest BCUT2D eigenvalue weighted by Gasteiger charge is -2.31. The minimum atomic E-state index is -0.0104. The topological polar surface area (TPSA) is 49.4 Å². The van der Waals surface area contributed by atoms with E-state index in [1.807, 2.05) is 0 Å². The Bertz CT molecular complexity index is 666. The number of halogens is 2. The van der Waals surface area contributed by atoms with Crippen LogP contribution < -0.4 is 5.32 Å². The molecule has 1 amide bonds. The zero-order valence-corrected chi connectivity index (χ0v) is 17.2. The number of Topliss-reactive ketones (excluding diaryl/α,β-unsaturated/α-hetero) is 1. The third kappa shape index (κ3) is 5.94. The highest BCUT2D eigenvalue weighted by Crippen LogP contribution is 2.27. The summed E-state index contributed by atoms with van der Waals surface area (Å²) in [6.07, 6.45) is 7.94. The molecule has 1 aliphatic carbocycles. The predicted octanol–water partition coefficient (Wildman–Crippen LogP) is 4.58. The molecule has 148 valence electrons. The van der Waals surface area contributed by atoms with Gasteiger partial charge in [-0.05, 0) is 62.9 Å². The number of piperidine rings is 1. The van der Waals surface area contributed by atoms with Crippen LogP contribution in [0.2, 0.25) is 10.0 Å². The van der Waals surface area contributed by atoms with E-state index in [1.165, 1.54) is 32.1 Å². The molecule has 0 aromatic heterocycles. The number of ketones is 1. The molecule has 4 nitrogen and oxygen atoms in total. The summed E-state index contributed by atoms with van der Waals surface area (Å²) in [6.45, 7) is 2.79. The molecule has 2 aliphatic rings. The van der Waals surface area contributed by atoms with E-state index < -0.39 is 0 Å². The summed E-state index contributed by atoms with van der Waals surface area (Å²) < 4.78 is 0. The molecule has 1 aliphatic heterocycles. The molecule has 6 heteroatoms. The lowest BCUT2D eigenvalue weighted by atomic mass is 9.89. The molecule has 1 N–H and O–H groups in total. The van der Waals surface area contributed by atoms with Crippen LogP contribution in [0.5, 0.6) is 0 Å². The standard InChI is InChI=1S/C21H28Cl2N2O2/c22-18-7-6-17(12-19(18)23)21(27)16-8-10-25(11-9-16)14-20(26)24-13-15-4-2-1-3-5-15/h6-7,12,15-16H,1-5,8-11,13-14H2,(H,24,26). The molecule has 1 saturated heterocycles. The molecule has 0 radical (unpaired) electrons. The average Bonchev–Trinajstić information content (AvgIpc) is 2.69. The molecule has 0 atom stereocenters. The predicted molar refractivity (Wildman–Crippen MR) is 110 cm³/mol. The zero-order chi connectivity index (χ0) is 19.2.